The van der Waals surface area contributed by atoms with Crippen molar-refractivity contribution in [3.05, 3.63) is 0 Å². The molecular weight excluding hydrogens is 307 g/mol. The average molecular weight is 342 g/mol. The Morgan fingerprint density at radius 2 is 0.905 bits per heavy atom. The summed E-state index contributed by atoms with van der Waals surface area (Å²) in [6.45, 7) is 2.27. The second kappa shape index (κ2) is 20.0. The third-order valence-electron chi connectivity index (χ3n) is 3.98. The molecule has 0 rings (SSSR count). The molecule has 0 aromatic rings. The van der Waals surface area contributed by atoms with E-state index in [0.717, 1.165) is 12.8 Å². The molecular formula is C18H35NiO2-. The number of unbranched alkanes of at least 4 members (excludes halogenated alkanes) is 14. The zero-order chi connectivity index (χ0) is 14.9. The molecule has 0 amide bonds. The van der Waals surface area contributed by atoms with Gasteiger partial charge in [-0.15, -0.1) is 0 Å². The fourth-order valence-corrected chi connectivity index (χ4v) is 2.64. The van der Waals surface area contributed by atoms with Gasteiger partial charge in [-0.1, -0.05) is 96.8 Å². The standard InChI is InChI=1S/C18H36O2.Ni/c1-2-3-4-5-6-7-8-9-10-11-12-13-14-15-16-17-18(19)20;/h2-17H2,1H3,(H,19,20);/p-1. The number of hydrogen-bond donors (Lipinski definition) is 0. The minimum Gasteiger partial charge on any atom is -0.550 e. The van der Waals surface area contributed by atoms with E-state index in [2.05, 4.69) is 6.92 Å². The third kappa shape index (κ3) is 22.4. The number of carbonyl (C=O) groups is 1. The van der Waals surface area contributed by atoms with Crippen LogP contribution in [0, 0.1) is 0 Å². The Hall–Kier alpha value is -0.0365. The molecule has 0 aliphatic heterocycles. The van der Waals surface area contributed by atoms with Gasteiger partial charge in [-0.2, -0.15) is 0 Å². The first-order chi connectivity index (χ1) is 9.77. The fourth-order valence-electron chi connectivity index (χ4n) is 2.64. The van der Waals surface area contributed by atoms with Crippen LogP contribution < -0.4 is 5.11 Å². The molecule has 0 aromatic carbocycles. The average Bonchev–Trinajstić information content (AvgIpc) is 2.43. The van der Waals surface area contributed by atoms with E-state index in [1.165, 1.54) is 83.5 Å². The van der Waals surface area contributed by atoms with Crippen LogP contribution in [0.5, 0.6) is 0 Å². The van der Waals surface area contributed by atoms with Gasteiger partial charge in [-0.25, -0.2) is 0 Å². The van der Waals surface area contributed by atoms with Crippen molar-refractivity contribution in [3.8, 4) is 0 Å². The van der Waals surface area contributed by atoms with Gasteiger partial charge < -0.3 is 9.90 Å². The van der Waals surface area contributed by atoms with Gasteiger partial charge in [0.2, 0.25) is 0 Å². The Morgan fingerprint density at radius 3 is 1.19 bits per heavy atom. The molecule has 0 bridgehead atoms. The molecule has 0 unspecified atom stereocenters. The Morgan fingerprint density at radius 1 is 0.619 bits per heavy atom. The summed E-state index contributed by atoms with van der Waals surface area (Å²) in [6, 6.07) is 0. The minimum absolute atomic E-state index is 0. The number of carboxylic acids is 1. The number of rotatable bonds is 16. The molecule has 3 heteroatoms. The van der Waals surface area contributed by atoms with Crippen molar-refractivity contribution >= 4 is 5.97 Å². The maximum Gasteiger partial charge on any atom is 0.0414 e. The van der Waals surface area contributed by atoms with Crippen LogP contribution in [0.15, 0.2) is 0 Å². The molecule has 0 saturated carbocycles. The van der Waals surface area contributed by atoms with Gasteiger partial charge in [0.15, 0.2) is 0 Å². The first-order valence-corrected chi connectivity index (χ1v) is 8.97. The van der Waals surface area contributed by atoms with Crippen molar-refractivity contribution in [1.82, 2.24) is 0 Å². The van der Waals surface area contributed by atoms with Gasteiger partial charge in [0.25, 0.3) is 0 Å². The first kappa shape index (κ1) is 23.2. The summed E-state index contributed by atoms with van der Waals surface area (Å²) < 4.78 is 0. The number of aliphatic carboxylic acids is 1. The SMILES string of the molecule is CCCCCCCCCCCCCCCCCC(=O)[O-].[Ni]. The molecule has 0 aliphatic rings. The quantitative estimate of drug-likeness (QED) is 0.293. The molecule has 21 heavy (non-hydrogen) atoms. The van der Waals surface area contributed by atoms with Crippen LogP contribution in [0.2, 0.25) is 0 Å². The van der Waals surface area contributed by atoms with Crippen LogP contribution in [0.3, 0.4) is 0 Å². The molecule has 0 spiro atoms. The summed E-state index contributed by atoms with van der Waals surface area (Å²) in [7, 11) is 0. The maximum atomic E-state index is 10.2. The van der Waals surface area contributed by atoms with E-state index in [1.807, 2.05) is 0 Å². The molecule has 0 radical (unpaired) electrons. The van der Waals surface area contributed by atoms with E-state index in [0.29, 0.717) is 0 Å². The largest absolute Gasteiger partial charge is 0.550 e. The number of hydrogen-bond acceptors (Lipinski definition) is 2. The summed E-state index contributed by atoms with van der Waals surface area (Å²) in [5.74, 6) is -0.903. The van der Waals surface area contributed by atoms with E-state index in [1.54, 1.807) is 0 Å². The minimum atomic E-state index is -0.903. The molecule has 0 aromatic heterocycles. The Bertz CT molecular complexity index is 207. The van der Waals surface area contributed by atoms with Crippen molar-refractivity contribution in [2.24, 2.45) is 0 Å². The fraction of sp³-hybridized carbons (Fsp3) is 0.944. The van der Waals surface area contributed by atoms with E-state index >= 15 is 0 Å². The van der Waals surface area contributed by atoms with Crippen LogP contribution in [-0.2, 0) is 21.3 Å². The van der Waals surface area contributed by atoms with E-state index < -0.39 is 5.97 Å². The zero-order valence-electron chi connectivity index (χ0n) is 13.9. The van der Waals surface area contributed by atoms with Gasteiger partial charge in [0, 0.05) is 22.5 Å². The van der Waals surface area contributed by atoms with Gasteiger partial charge >= 0.3 is 0 Å². The van der Waals surface area contributed by atoms with Crippen LogP contribution in [0.4, 0.5) is 0 Å². The Labute approximate surface area is 142 Å². The number of carbonyl (C=O) groups excluding carboxylic acids is 1. The second-order valence-corrected chi connectivity index (χ2v) is 6.07. The molecule has 0 atom stereocenters. The van der Waals surface area contributed by atoms with Crippen LogP contribution in [-0.4, -0.2) is 5.97 Å². The van der Waals surface area contributed by atoms with Crippen LogP contribution in [0.1, 0.15) is 110 Å². The first-order valence-electron chi connectivity index (χ1n) is 8.97. The van der Waals surface area contributed by atoms with E-state index in [4.69, 9.17) is 0 Å². The summed E-state index contributed by atoms with van der Waals surface area (Å²) in [6.07, 6.45) is 19.9. The van der Waals surface area contributed by atoms with Crippen LogP contribution >= 0.6 is 0 Å². The Kier molecular flexibility index (Phi) is 22.1. The molecule has 0 fully saturated rings. The van der Waals surface area contributed by atoms with Gasteiger partial charge in [0.05, 0.1) is 0 Å². The number of carboxylic acid groups (broad SMARTS) is 1. The smallest absolute Gasteiger partial charge is 0.0414 e. The van der Waals surface area contributed by atoms with Crippen molar-refractivity contribution in [1.29, 1.82) is 0 Å². The van der Waals surface area contributed by atoms with Crippen molar-refractivity contribution in [2.45, 2.75) is 110 Å². The predicted molar refractivity (Wildman–Crippen MR) is 84.6 cm³/mol. The van der Waals surface area contributed by atoms with Gasteiger partial charge in [-0.3, -0.25) is 0 Å². The molecule has 0 N–H and O–H groups in total. The second-order valence-electron chi connectivity index (χ2n) is 6.07. The topological polar surface area (TPSA) is 40.1 Å². The maximum absolute atomic E-state index is 10.2. The summed E-state index contributed by atoms with van der Waals surface area (Å²) in [4.78, 5) is 10.2. The Balaban J connectivity index is 0. The van der Waals surface area contributed by atoms with Crippen molar-refractivity contribution in [3.63, 3.8) is 0 Å². The molecule has 0 saturated heterocycles. The zero-order valence-corrected chi connectivity index (χ0v) is 14.9. The summed E-state index contributed by atoms with van der Waals surface area (Å²) in [5, 5.41) is 10.2. The van der Waals surface area contributed by atoms with Crippen LogP contribution in [0.25, 0.3) is 0 Å². The predicted octanol–water partition coefficient (Wildman–Crippen LogP) is 5.00. The summed E-state index contributed by atoms with van der Waals surface area (Å²) in [5.41, 5.74) is 0. The normalized spacial score (nSPS) is 10.3. The summed E-state index contributed by atoms with van der Waals surface area (Å²) >= 11 is 0. The van der Waals surface area contributed by atoms with E-state index in [-0.39, 0.29) is 22.9 Å². The molecule has 0 heterocycles. The monoisotopic (exact) mass is 341 g/mol. The van der Waals surface area contributed by atoms with E-state index in [9.17, 15) is 9.90 Å². The van der Waals surface area contributed by atoms with Crippen molar-refractivity contribution in [2.75, 3.05) is 0 Å². The van der Waals surface area contributed by atoms with Crippen molar-refractivity contribution < 1.29 is 26.4 Å². The molecule has 2 nitrogen and oxygen atoms in total. The molecule has 0 aliphatic carbocycles. The van der Waals surface area contributed by atoms with Gasteiger partial charge in [-0.05, 0) is 12.8 Å². The third-order valence-corrected chi connectivity index (χ3v) is 3.98. The molecule has 130 valence electrons. The van der Waals surface area contributed by atoms with Gasteiger partial charge in [0.1, 0.15) is 0 Å².